The van der Waals surface area contributed by atoms with Gasteiger partial charge >= 0.3 is 0 Å². The summed E-state index contributed by atoms with van der Waals surface area (Å²) in [5.41, 5.74) is 1.63. The van der Waals surface area contributed by atoms with Gasteiger partial charge in [-0.25, -0.2) is 0 Å². The third-order valence-corrected chi connectivity index (χ3v) is 2.66. The number of hydrogen-bond donors (Lipinski definition) is 1. The Balaban J connectivity index is 2.44. The van der Waals surface area contributed by atoms with E-state index in [1.54, 1.807) is 6.92 Å². The summed E-state index contributed by atoms with van der Waals surface area (Å²) in [7, 11) is 0. The molecule has 12 heavy (non-hydrogen) atoms. The molecule has 0 radical (unpaired) electrons. The van der Waals surface area contributed by atoms with Crippen molar-refractivity contribution >= 4 is 5.78 Å². The van der Waals surface area contributed by atoms with Crippen LogP contribution in [0.2, 0.25) is 0 Å². The maximum Gasteiger partial charge on any atom is 0.168 e. The smallest absolute Gasteiger partial charge is 0.168 e. The molecular weight excluding hydrogens is 152 g/mol. The first-order valence-electron chi connectivity index (χ1n) is 4.34. The minimum absolute atomic E-state index is 0.105. The minimum atomic E-state index is -0.552. The van der Waals surface area contributed by atoms with Crippen molar-refractivity contribution in [3.05, 3.63) is 23.3 Å². The maximum absolute atomic E-state index is 11.5. The van der Waals surface area contributed by atoms with Gasteiger partial charge in [0.25, 0.3) is 0 Å². The van der Waals surface area contributed by atoms with Gasteiger partial charge in [-0.3, -0.25) is 4.79 Å². The summed E-state index contributed by atoms with van der Waals surface area (Å²) in [6, 6.07) is 0. The van der Waals surface area contributed by atoms with Gasteiger partial charge in [0.15, 0.2) is 5.78 Å². The first-order valence-corrected chi connectivity index (χ1v) is 4.34. The molecule has 2 unspecified atom stereocenters. The van der Waals surface area contributed by atoms with Crippen LogP contribution in [0, 0.1) is 5.92 Å². The number of rotatable bonds is 0. The van der Waals surface area contributed by atoms with Crippen LogP contribution in [0.5, 0.6) is 0 Å². The molecule has 0 aliphatic heterocycles. The molecule has 2 heteroatoms. The van der Waals surface area contributed by atoms with Gasteiger partial charge in [-0.2, -0.15) is 0 Å². The number of aliphatic hydroxyl groups excluding tert-OH is 1. The highest BCUT2D eigenvalue weighted by Gasteiger charge is 2.38. The number of fused-ring (bicyclic) bond motifs is 1. The standard InChI is InChI=1S/C10H12O2/c1-6-9(11)7-4-2-3-5-8(7)10(6)12/h4-6,9,11H,2-3H2,1H3. The summed E-state index contributed by atoms with van der Waals surface area (Å²) in [6.07, 6.45) is 5.27. The highest BCUT2D eigenvalue weighted by atomic mass is 16.3. The minimum Gasteiger partial charge on any atom is -0.388 e. The normalized spacial score (nSPS) is 34.3. The van der Waals surface area contributed by atoms with Gasteiger partial charge in [-0.15, -0.1) is 0 Å². The Bertz CT molecular complexity index is 286. The molecule has 2 aliphatic rings. The molecule has 1 saturated carbocycles. The zero-order valence-corrected chi connectivity index (χ0v) is 7.08. The van der Waals surface area contributed by atoms with E-state index in [1.165, 1.54) is 0 Å². The van der Waals surface area contributed by atoms with Crippen LogP contribution in [-0.2, 0) is 4.79 Å². The Morgan fingerprint density at radius 2 is 2.08 bits per heavy atom. The van der Waals surface area contributed by atoms with Crippen molar-refractivity contribution in [2.75, 3.05) is 0 Å². The topological polar surface area (TPSA) is 37.3 Å². The first-order chi connectivity index (χ1) is 5.72. The van der Waals surface area contributed by atoms with Crippen molar-refractivity contribution < 1.29 is 9.90 Å². The van der Waals surface area contributed by atoms with Crippen LogP contribution in [0.1, 0.15) is 19.8 Å². The van der Waals surface area contributed by atoms with Gasteiger partial charge in [-0.05, 0) is 18.4 Å². The van der Waals surface area contributed by atoms with Crippen molar-refractivity contribution in [3.63, 3.8) is 0 Å². The number of carbonyl (C=O) groups is 1. The predicted octanol–water partition coefficient (Wildman–Crippen LogP) is 1.21. The molecule has 0 saturated heterocycles. The third-order valence-electron chi connectivity index (χ3n) is 2.66. The Kier molecular flexibility index (Phi) is 1.65. The second-order valence-electron chi connectivity index (χ2n) is 3.45. The van der Waals surface area contributed by atoms with E-state index in [0.717, 1.165) is 24.0 Å². The third kappa shape index (κ3) is 0.879. The molecule has 1 N–H and O–H groups in total. The zero-order valence-electron chi connectivity index (χ0n) is 7.08. The van der Waals surface area contributed by atoms with Gasteiger partial charge in [0.1, 0.15) is 0 Å². The second-order valence-corrected chi connectivity index (χ2v) is 3.45. The average molecular weight is 164 g/mol. The number of Topliss-reactive ketones (excluding diaryl/α,β-unsaturated/α-hetero) is 1. The van der Waals surface area contributed by atoms with Crippen molar-refractivity contribution in [3.8, 4) is 0 Å². The van der Waals surface area contributed by atoms with E-state index in [4.69, 9.17) is 0 Å². The summed E-state index contributed by atoms with van der Waals surface area (Å²) in [6.45, 7) is 1.78. The number of ketones is 1. The van der Waals surface area contributed by atoms with E-state index >= 15 is 0 Å². The van der Waals surface area contributed by atoms with Crippen LogP contribution in [0.4, 0.5) is 0 Å². The van der Waals surface area contributed by atoms with Gasteiger partial charge in [0.05, 0.1) is 6.10 Å². The number of allylic oxidation sites excluding steroid dienone is 2. The summed E-state index contributed by atoms with van der Waals surface area (Å²) in [5.74, 6) is -0.131. The monoisotopic (exact) mass is 164 g/mol. The van der Waals surface area contributed by atoms with Gasteiger partial charge in [0.2, 0.25) is 0 Å². The fraction of sp³-hybridized carbons (Fsp3) is 0.500. The number of hydrogen-bond acceptors (Lipinski definition) is 2. The van der Waals surface area contributed by atoms with E-state index in [0.29, 0.717) is 0 Å². The lowest BCUT2D eigenvalue weighted by atomic mass is 10.00. The molecule has 2 nitrogen and oxygen atoms in total. The fourth-order valence-corrected chi connectivity index (χ4v) is 1.88. The zero-order chi connectivity index (χ0) is 8.72. The van der Waals surface area contributed by atoms with E-state index < -0.39 is 6.10 Å². The van der Waals surface area contributed by atoms with Crippen LogP contribution in [0.25, 0.3) is 0 Å². The molecule has 2 atom stereocenters. The van der Waals surface area contributed by atoms with Gasteiger partial charge in [0, 0.05) is 11.5 Å². The SMILES string of the molecule is CC1C(=O)C2=CCCC=C2C1O. The highest BCUT2D eigenvalue weighted by Crippen LogP contribution is 2.35. The van der Waals surface area contributed by atoms with Crippen LogP contribution in [-0.4, -0.2) is 17.0 Å². The Labute approximate surface area is 71.6 Å². The lowest BCUT2D eigenvalue weighted by molar-refractivity contribution is -0.118. The molecule has 0 spiro atoms. The Morgan fingerprint density at radius 3 is 2.75 bits per heavy atom. The van der Waals surface area contributed by atoms with Gasteiger partial charge in [-0.1, -0.05) is 19.1 Å². The highest BCUT2D eigenvalue weighted by molar-refractivity contribution is 6.05. The van der Waals surface area contributed by atoms with Crippen LogP contribution in [0.15, 0.2) is 23.3 Å². The molecule has 1 fully saturated rings. The molecule has 0 amide bonds. The molecule has 2 aliphatic carbocycles. The van der Waals surface area contributed by atoms with Crippen molar-refractivity contribution in [1.82, 2.24) is 0 Å². The van der Waals surface area contributed by atoms with Crippen LogP contribution < -0.4 is 0 Å². The molecule has 0 aromatic heterocycles. The van der Waals surface area contributed by atoms with E-state index in [-0.39, 0.29) is 11.7 Å². The summed E-state index contributed by atoms with van der Waals surface area (Å²) < 4.78 is 0. The molecule has 0 aromatic rings. The second kappa shape index (κ2) is 2.56. The largest absolute Gasteiger partial charge is 0.388 e. The van der Waals surface area contributed by atoms with E-state index in [9.17, 15) is 9.90 Å². The first kappa shape index (κ1) is 7.74. The van der Waals surface area contributed by atoms with E-state index in [1.807, 2.05) is 12.2 Å². The summed E-state index contributed by atoms with van der Waals surface area (Å²) >= 11 is 0. The maximum atomic E-state index is 11.5. The van der Waals surface area contributed by atoms with Crippen molar-refractivity contribution in [2.45, 2.75) is 25.9 Å². The molecule has 0 heterocycles. The summed E-state index contributed by atoms with van der Waals surface area (Å²) in [5, 5.41) is 9.63. The van der Waals surface area contributed by atoms with Crippen molar-refractivity contribution in [1.29, 1.82) is 0 Å². The Morgan fingerprint density at radius 1 is 1.42 bits per heavy atom. The van der Waals surface area contributed by atoms with Crippen LogP contribution >= 0.6 is 0 Å². The number of aliphatic hydroxyl groups is 1. The molecule has 0 aromatic carbocycles. The average Bonchev–Trinajstić information content (AvgIpc) is 2.33. The lowest BCUT2D eigenvalue weighted by Gasteiger charge is -2.09. The van der Waals surface area contributed by atoms with Crippen molar-refractivity contribution in [2.24, 2.45) is 5.92 Å². The molecule has 64 valence electrons. The molecule has 0 bridgehead atoms. The Hall–Kier alpha value is -0.890. The van der Waals surface area contributed by atoms with Gasteiger partial charge < -0.3 is 5.11 Å². The summed E-state index contributed by atoms with van der Waals surface area (Å²) in [4.78, 5) is 11.5. The predicted molar refractivity (Wildman–Crippen MR) is 45.6 cm³/mol. The van der Waals surface area contributed by atoms with E-state index in [2.05, 4.69) is 0 Å². The van der Waals surface area contributed by atoms with Crippen LogP contribution in [0.3, 0.4) is 0 Å². The molecular formula is C10H12O2. The lowest BCUT2D eigenvalue weighted by Crippen LogP contribution is -2.15. The quantitative estimate of drug-likeness (QED) is 0.584. The number of carbonyl (C=O) groups excluding carboxylic acids is 1. The molecule has 2 rings (SSSR count). The fourth-order valence-electron chi connectivity index (χ4n) is 1.88.